The minimum Gasteiger partial charge on any atom is -0.490 e. The molecule has 8 heteroatoms. The first kappa shape index (κ1) is 18.3. The number of hydrogen-bond donors (Lipinski definition) is 3. The van der Waals surface area contributed by atoms with Crippen LogP contribution in [-0.4, -0.2) is 46.2 Å². The van der Waals surface area contributed by atoms with Gasteiger partial charge in [-0.2, -0.15) is 0 Å². The Labute approximate surface area is 145 Å². The van der Waals surface area contributed by atoms with Crippen molar-refractivity contribution < 1.29 is 24.2 Å². The van der Waals surface area contributed by atoms with Gasteiger partial charge in [0.25, 0.3) is 5.91 Å². The number of hydrogen-bond acceptors (Lipinski definition) is 5. The molecular formula is C17H21N3O5. The van der Waals surface area contributed by atoms with Crippen molar-refractivity contribution >= 4 is 11.9 Å². The zero-order valence-corrected chi connectivity index (χ0v) is 14.1. The Kier molecular flexibility index (Phi) is 6.39. The van der Waals surface area contributed by atoms with Crippen LogP contribution in [0.3, 0.4) is 0 Å². The highest BCUT2D eigenvalue weighted by molar-refractivity contribution is 5.97. The van der Waals surface area contributed by atoms with Crippen LogP contribution in [0.1, 0.15) is 29.9 Å². The molecule has 1 aromatic carbocycles. The van der Waals surface area contributed by atoms with Crippen molar-refractivity contribution in [3.63, 3.8) is 0 Å². The van der Waals surface area contributed by atoms with Gasteiger partial charge >= 0.3 is 5.97 Å². The molecule has 0 fully saturated rings. The SMILES string of the molecule is CCOc1ccc(C(=O)NC(Cc2cnc[nH]2)C(=O)O)cc1OCC. The number of rotatable bonds is 9. The van der Waals surface area contributed by atoms with Crippen LogP contribution in [0.25, 0.3) is 0 Å². The fourth-order valence-corrected chi connectivity index (χ4v) is 2.25. The number of aromatic nitrogens is 2. The van der Waals surface area contributed by atoms with Gasteiger partial charge in [0.05, 0.1) is 19.5 Å². The number of aromatic amines is 1. The lowest BCUT2D eigenvalue weighted by molar-refractivity contribution is -0.139. The molecule has 0 spiro atoms. The maximum atomic E-state index is 12.4. The highest BCUT2D eigenvalue weighted by Crippen LogP contribution is 2.28. The van der Waals surface area contributed by atoms with Crippen LogP contribution in [0.2, 0.25) is 0 Å². The first-order chi connectivity index (χ1) is 12.0. The summed E-state index contributed by atoms with van der Waals surface area (Å²) in [7, 11) is 0. The van der Waals surface area contributed by atoms with Gasteiger partial charge in [-0.3, -0.25) is 4.79 Å². The Morgan fingerprint density at radius 1 is 1.24 bits per heavy atom. The second-order valence-corrected chi connectivity index (χ2v) is 5.17. The first-order valence-electron chi connectivity index (χ1n) is 7.95. The minimum atomic E-state index is -1.13. The quantitative estimate of drug-likeness (QED) is 0.635. The van der Waals surface area contributed by atoms with Gasteiger partial charge in [-0.1, -0.05) is 0 Å². The molecule has 2 rings (SSSR count). The summed E-state index contributed by atoms with van der Waals surface area (Å²) in [6.45, 7) is 4.57. The van der Waals surface area contributed by atoms with E-state index in [9.17, 15) is 14.7 Å². The highest BCUT2D eigenvalue weighted by Gasteiger charge is 2.22. The maximum Gasteiger partial charge on any atom is 0.326 e. The maximum absolute atomic E-state index is 12.4. The molecule has 25 heavy (non-hydrogen) atoms. The number of imidazole rings is 1. The zero-order valence-electron chi connectivity index (χ0n) is 14.1. The molecular weight excluding hydrogens is 326 g/mol. The monoisotopic (exact) mass is 347 g/mol. The summed E-state index contributed by atoms with van der Waals surface area (Å²) >= 11 is 0. The number of benzene rings is 1. The molecule has 0 aliphatic rings. The van der Waals surface area contributed by atoms with Crippen molar-refractivity contribution in [3.8, 4) is 11.5 Å². The molecule has 0 bridgehead atoms. The molecule has 134 valence electrons. The van der Waals surface area contributed by atoms with Crippen LogP contribution in [0.15, 0.2) is 30.7 Å². The topological polar surface area (TPSA) is 114 Å². The van der Waals surface area contributed by atoms with Crippen molar-refractivity contribution in [2.24, 2.45) is 0 Å². The molecule has 1 aromatic heterocycles. The third kappa shape index (κ3) is 4.97. The molecule has 8 nitrogen and oxygen atoms in total. The largest absolute Gasteiger partial charge is 0.490 e. The standard InChI is InChI=1S/C17H21N3O5/c1-3-24-14-6-5-11(7-15(14)25-4-2)16(21)20-13(17(22)23)8-12-9-18-10-19-12/h5-7,9-10,13H,3-4,8H2,1-2H3,(H,18,19)(H,20,21)(H,22,23). The summed E-state index contributed by atoms with van der Waals surface area (Å²) in [5, 5.41) is 11.8. The van der Waals surface area contributed by atoms with E-state index in [0.29, 0.717) is 36.0 Å². The van der Waals surface area contributed by atoms with Crippen molar-refractivity contribution in [2.45, 2.75) is 26.3 Å². The van der Waals surface area contributed by atoms with Gasteiger partial charge in [0.2, 0.25) is 0 Å². The number of nitrogens with one attached hydrogen (secondary N) is 2. The van der Waals surface area contributed by atoms with Gasteiger partial charge in [-0.25, -0.2) is 9.78 Å². The average molecular weight is 347 g/mol. The number of H-pyrrole nitrogens is 1. The molecule has 0 saturated carbocycles. The predicted molar refractivity (Wildman–Crippen MR) is 90.0 cm³/mol. The number of carbonyl (C=O) groups excluding carboxylic acids is 1. The highest BCUT2D eigenvalue weighted by atomic mass is 16.5. The second kappa shape index (κ2) is 8.72. The fraction of sp³-hybridized carbons (Fsp3) is 0.353. The molecule has 3 N–H and O–H groups in total. The van der Waals surface area contributed by atoms with Crippen LogP contribution in [0.5, 0.6) is 11.5 Å². The average Bonchev–Trinajstić information content (AvgIpc) is 3.09. The number of carboxylic acids is 1. The van der Waals surface area contributed by atoms with E-state index in [0.717, 1.165) is 0 Å². The van der Waals surface area contributed by atoms with Crippen LogP contribution in [0, 0.1) is 0 Å². The third-order valence-corrected chi connectivity index (χ3v) is 3.39. The molecule has 0 radical (unpaired) electrons. The normalized spacial score (nSPS) is 11.6. The van der Waals surface area contributed by atoms with E-state index in [-0.39, 0.29) is 6.42 Å². The lowest BCUT2D eigenvalue weighted by Gasteiger charge is -2.15. The summed E-state index contributed by atoms with van der Waals surface area (Å²) in [5.74, 6) is -0.652. The lowest BCUT2D eigenvalue weighted by atomic mass is 10.1. The van der Waals surface area contributed by atoms with Gasteiger partial charge < -0.3 is 24.9 Å². The van der Waals surface area contributed by atoms with Crippen LogP contribution in [0.4, 0.5) is 0 Å². The van der Waals surface area contributed by atoms with E-state index in [2.05, 4.69) is 15.3 Å². The molecule has 0 aliphatic carbocycles. The lowest BCUT2D eigenvalue weighted by Crippen LogP contribution is -2.42. The fourth-order valence-electron chi connectivity index (χ4n) is 2.25. The molecule has 2 aromatic rings. The Morgan fingerprint density at radius 3 is 2.56 bits per heavy atom. The molecule has 1 heterocycles. The number of amides is 1. The van der Waals surface area contributed by atoms with Crippen molar-refractivity contribution in [2.75, 3.05) is 13.2 Å². The number of aliphatic carboxylic acids is 1. The van der Waals surface area contributed by atoms with E-state index >= 15 is 0 Å². The number of nitrogens with zero attached hydrogens (tertiary/aromatic N) is 1. The van der Waals surface area contributed by atoms with E-state index in [4.69, 9.17) is 9.47 Å². The Hall–Kier alpha value is -3.03. The van der Waals surface area contributed by atoms with Gasteiger partial charge in [0.15, 0.2) is 11.5 Å². The predicted octanol–water partition coefficient (Wildman–Crippen LogP) is 1.63. The summed E-state index contributed by atoms with van der Waals surface area (Å²) in [6, 6.07) is 3.67. The molecule has 0 saturated heterocycles. The smallest absolute Gasteiger partial charge is 0.326 e. The van der Waals surface area contributed by atoms with Crippen LogP contribution < -0.4 is 14.8 Å². The van der Waals surface area contributed by atoms with E-state index in [1.807, 2.05) is 13.8 Å². The minimum absolute atomic E-state index is 0.108. The molecule has 0 aliphatic heterocycles. The molecule has 1 amide bonds. The van der Waals surface area contributed by atoms with Gasteiger partial charge in [0, 0.05) is 23.9 Å². The van der Waals surface area contributed by atoms with Crippen LogP contribution >= 0.6 is 0 Å². The molecule has 1 atom stereocenters. The van der Waals surface area contributed by atoms with E-state index < -0.39 is 17.9 Å². The second-order valence-electron chi connectivity index (χ2n) is 5.17. The van der Waals surface area contributed by atoms with Crippen LogP contribution in [-0.2, 0) is 11.2 Å². The van der Waals surface area contributed by atoms with Crippen molar-refractivity contribution in [1.29, 1.82) is 0 Å². The number of ether oxygens (including phenoxy) is 2. The summed E-state index contributed by atoms with van der Waals surface area (Å²) < 4.78 is 10.9. The van der Waals surface area contributed by atoms with Gasteiger partial charge in [-0.05, 0) is 32.0 Å². The van der Waals surface area contributed by atoms with Gasteiger partial charge in [0.1, 0.15) is 6.04 Å². The van der Waals surface area contributed by atoms with Gasteiger partial charge in [-0.15, -0.1) is 0 Å². The summed E-state index contributed by atoms with van der Waals surface area (Å²) in [5.41, 5.74) is 0.914. The van der Waals surface area contributed by atoms with E-state index in [1.54, 1.807) is 18.2 Å². The molecule has 1 unspecified atom stereocenters. The number of carboxylic acid groups (broad SMARTS) is 1. The summed E-state index contributed by atoms with van der Waals surface area (Å²) in [4.78, 5) is 30.5. The van der Waals surface area contributed by atoms with Crippen molar-refractivity contribution in [1.82, 2.24) is 15.3 Å². The Morgan fingerprint density at radius 2 is 1.96 bits per heavy atom. The summed E-state index contributed by atoms with van der Waals surface area (Å²) in [6.07, 6.45) is 3.08. The first-order valence-corrected chi connectivity index (χ1v) is 7.95. The number of carbonyl (C=O) groups is 2. The van der Waals surface area contributed by atoms with E-state index in [1.165, 1.54) is 12.5 Å². The zero-order chi connectivity index (χ0) is 18.2. The Bertz CT molecular complexity index is 715. The third-order valence-electron chi connectivity index (χ3n) is 3.39. The van der Waals surface area contributed by atoms with Crippen molar-refractivity contribution in [3.05, 3.63) is 42.0 Å². The Balaban J connectivity index is 2.14.